The van der Waals surface area contributed by atoms with Crippen LogP contribution in [0.1, 0.15) is 17.9 Å². The van der Waals surface area contributed by atoms with E-state index in [1.165, 1.54) is 17.7 Å². The third-order valence-corrected chi connectivity index (χ3v) is 2.92. The van der Waals surface area contributed by atoms with Crippen molar-refractivity contribution >= 4 is 5.69 Å². The number of hydrogen-bond donors (Lipinski definition) is 1. The molecule has 0 aromatic heterocycles. The Kier molecular flexibility index (Phi) is 2.73. The van der Waals surface area contributed by atoms with Gasteiger partial charge in [0.25, 0.3) is 0 Å². The number of anilines is 1. The highest BCUT2D eigenvalue weighted by Crippen LogP contribution is 2.30. The molecular weight excluding hydrogens is 172 g/mol. The summed E-state index contributed by atoms with van der Waals surface area (Å²) in [5.41, 5.74) is 2.85. The molecule has 2 heteroatoms. The predicted octanol–water partition coefficient (Wildman–Crippen LogP) is 1.83. The molecule has 14 heavy (non-hydrogen) atoms. The van der Waals surface area contributed by atoms with Crippen LogP contribution in [0.2, 0.25) is 0 Å². The first-order chi connectivity index (χ1) is 6.79. The van der Waals surface area contributed by atoms with Gasteiger partial charge in [-0.2, -0.15) is 0 Å². The number of rotatable bonds is 2. The topological polar surface area (TPSA) is 15.3 Å². The first kappa shape index (κ1) is 9.53. The van der Waals surface area contributed by atoms with Crippen LogP contribution in [0.5, 0.6) is 0 Å². The Bertz CT molecular complexity index is 301. The normalized spacial score (nSPS) is 21.1. The number of para-hydroxylation sites is 1. The summed E-state index contributed by atoms with van der Waals surface area (Å²) in [6.07, 6.45) is 1.27. The fourth-order valence-electron chi connectivity index (χ4n) is 2.16. The van der Waals surface area contributed by atoms with Gasteiger partial charge in [-0.15, -0.1) is 0 Å². The zero-order valence-electron chi connectivity index (χ0n) is 8.96. The molecule has 1 heterocycles. The molecule has 0 aliphatic carbocycles. The molecule has 76 valence electrons. The van der Waals surface area contributed by atoms with Crippen molar-refractivity contribution in [2.75, 3.05) is 32.1 Å². The maximum Gasteiger partial charge on any atom is 0.0396 e. The van der Waals surface area contributed by atoms with E-state index in [2.05, 4.69) is 48.6 Å². The van der Waals surface area contributed by atoms with Crippen molar-refractivity contribution in [3.63, 3.8) is 0 Å². The van der Waals surface area contributed by atoms with Gasteiger partial charge in [-0.1, -0.05) is 18.2 Å². The Morgan fingerprint density at radius 1 is 1.29 bits per heavy atom. The lowest BCUT2D eigenvalue weighted by atomic mass is 9.96. The van der Waals surface area contributed by atoms with E-state index in [4.69, 9.17) is 0 Å². The van der Waals surface area contributed by atoms with Gasteiger partial charge in [0.05, 0.1) is 0 Å². The van der Waals surface area contributed by atoms with Gasteiger partial charge in [-0.3, -0.25) is 0 Å². The maximum absolute atomic E-state index is 3.42. The lowest BCUT2D eigenvalue weighted by molar-refractivity contribution is 0.760. The van der Waals surface area contributed by atoms with Crippen LogP contribution in [0.15, 0.2) is 24.3 Å². The van der Waals surface area contributed by atoms with Crippen LogP contribution in [0, 0.1) is 0 Å². The van der Waals surface area contributed by atoms with Gasteiger partial charge in [0.2, 0.25) is 0 Å². The van der Waals surface area contributed by atoms with Gasteiger partial charge in [-0.05, 0) is 30.5 Å². The first-order valence-corrected chi connectivity index (χ1v) is 5.26. The predicted molar refractivity (Wildman–Crippen MR) is 61.0 cm³/mol. The Morgan fingerprint density at radius 2 is 2.07 bits per heavy atom. The van der Waals surface area contributed by atoms with Gasteiger partial charge in [-0.25, -0.2) is 0 Å². The van der Waals surface area contributed by atoms with Crippen LogP contribution >= 0.6 is 0 Å². The molecule has 0 bridgehead atoms. The molecule has 1 aliphatic rings. The average Bonchev–Trinajstić information content (AvgIpc) is 2.70. The molecule has 0 radical (unpaired) electrons. The molecule has 1 aliphatic heterocycles. The summed E-state index contributed by atoms with van der Waals surface area (Å²) in [7, 11) is 4.22. The molecule has 1 aromatic rings. The smallest absolute Gasteiger partial charge is 0.0396 e. The highest BCUT2D eigenvalue weighted by Gasteiger charge is 2.19. The van der Waals surface area contributed by atoms with Gasteiger partial charge in [0, 0.05) is 26.3 Å². The van der Waals surface area contributed by atoms with Crippen LogP contribution in [-0.2, 0) is 0 Å². The van der Waals surface area contributed by atoms with Crippen LogP contribution in [-0.4, -0.2) is 27.2 Å². The summed E-state index contributed by atoms with van der Waals surface area (Å²) in [6.45, 7) is 2.29. The first-order valence-electron chi connectivity index (χ1n) is 5.26. The zero-order valence-corrected chi connectivity index (χ0v) is 8.96. The van der Waals surface area contributed by atoms with Gasteiger partial charge in [0.15, 0.2) is 0 Å². The molecule has 1 atom stereocenters. The van der Waals surface area contributed by atoms with E-state index in [1.54, 1.807) is 0 Å². The molecular formula is C12H18N2. The monoisotopic (exact) mass is 190 g/mol. The molecule has 1 fully saturated rings. The Morgan fingerprint density at radius 3 is 2.71 bits per heavy atom. The maximum atomic E-state index is 3.42. The fourth-order valence-corrected chi connectivity index (χ4v) is 2.16. The van der Waals surface area contributed by atoms with E-state index in [0.717, 1.165) is 13.1 Å². The Balaban J connectivity index is 2.30. The standard InChI is InChI=1S/C12H18N2/c1-14(2)12-6-4-3-5-11(12)10-7-8-13-9-10/h3-6,10,13H,7-9H2,1-2H3. The number of nitrogens with one attached hydrogen (secondary N) is 1. The molecule has 0 spiro atoms. The molecule has 1 unspecified atom stereocenters. The van der Waals surface area contributed by atoms with E-state index in [1.807, 2.05) is 0 Å². The zero-order chi connectivity index (χ0) is 9.97. The van der Waals surface area contributed by atoms with Crippen molar-refractivity contribution in [1.82, 2.24) is 5.32 Å². The van der Waals surface area contributed by atoms with Gasteiger partial charge < -0.3 is 10.2 Å². The SMILES string of the molecule is CN(C)c1ccccc1C1CCNC1. The molecule has 2 nitrogen and oxygen atoms in total. The Labute approximate surface area is 85.9 Å². The quantitative estimate of drug-likeness (QED) is 0.765. The Hall–Kier alpha value is -1.02. The summed E-state index contributed by atoms with van der Waals surface area (Å²) in [4.78, 5) is 2.20. The second kappa shape index (κ2) is 4.01. The van der Waals surface area contributed by atoms with Crippen LogP contribution in [0.3, 0.4) is 0 Å². The highest BCUT2D eigenvalue weighted by atomic mass is 15.1. The third-order valence-electron chi connectivity index (χ3n) is 2.92. The number of benzene rings is 1. The second-order valence-corrected chi connectivity index (χ2v) is 4.14. The van der Waals surface area contributed by atoms with E-state index in [9.17, 15) is 0 Å². The largest absolute Gasteiger partial charge is 0.377 e. The van der Waals surface area contributed by atoms with E-state index >= 15 is 0 Å². The minimum absolute atomic E-state index is 0.702. The van der Waals surface area contributed by atoms with Crippen molar-refractivity contribution in [3.8, 4) is 0 Å². The molecule has 2 rings (SSSR count). The average molecular weight is 190 g/mol. The minimum Gasteiger partial charge on any atom is -0.377 e. The van der Waals surface area contributed by atoms with Crippen molar-refractivity contribution in [2.24, 2.45) is 0 Å². The molecule has 1 N–H and O–H groups in total. The lowest BCUT2D eigenvalue weighted by Crippen LogP contribution is -2.14. The van der Waals surface area contributed by atoms with E-state index in [0.29, 0.717) is 5.92 Å². The van der Waals surface area contributed by atoms with Crippen molar-refractivity contribution in [2.45, 2.75) is 12.3 Å². The van der Waals surface area contributed by atoms with E-state index < -0.39 is 0 Å². The van der Waals surface area contributed by atoms with Gasteiger partial charge in [0.1, 0.15) is 0 Å². The summed E-state index contributed by atoms with van der Waals surface area (Å²) in [5.74, 6) is 0.702. The van der Waals surface area contributed by atoms with E-state index in [-0.39, 0.29) is 0 Å². The van der Waals surface area contributed by atoms with Crippen molar-refractivity contribution < 1.29 is 0 Å². The van der Waals surface area contributed by atoms with Crippen LogP contribution < -0.4 is 10.2 Å². The minimum atomic E-state index is 0.702. The van der Waals surface area contributed by atoms with Crippen LogP contribution in [0.4, 0.5) is 5.69 Å². The molecule has 0 amide bonds. The third kappa shape index (κ3) is 1.75. The second-order valence-electron chi connectivity index (χ2n) is 4.14. The van der Waals surface area contributed by atoms with Crippen molar-refractivity contribution in [3.05, 3.63) is 29.8 Å². The number of hydrogen-bond acceptors (Lipinski definition) is 2. The fraction of sp³-hybridized carbons (Fsp3) is 0.500. The lowest BCUT2D eigenvalue weighted by Gasteiger charge is -2.20. The van der Waals surface area contributed by atoms with Crippen LogP contribution in [0.25, 0.3) is 0 Å². The summed E-state index contributed by atoms with van der Waals surface area (Å²) in [6, 6.07) is 8.71. The summed E-state index contributed by atoms with van der Waals surface area (Å²) >= 11 is 0. The summed E-state index contributed by atoms with van der Waals surface area (Å²) < 4.78 is 0. The van der Waals surface area contributed by atoms with Crippen molar-refractivity contribution in [1.29, 1.82) is 0 Å². The summed E-state index contributed by atoms with van der Waals surface area (Å²) in [5, 5.41) is 3.42. The molecule has 1 saturated heterocycles. The highest BCUT2D eigenvalue weighted by molar-refractivity contribution is 5.54. The number of nitrogens with zero attached hydrogens (tertiary/aromatic N) is 1. The molecule has 1 aromatic carbocycles. The molecule has 0 saturated carbocycles. The van der Waals surface area contributed by atoms with Gasteiger partial charge >= 0.3 is 0 Å².